The van der Waals surface area contributed by atoms with Gasteiger partial charge in [-0.05, 0) is 58.7 Å². The zero-order valence-corrected chi connectivity index (χ0v) is 13.3. The van der Waals surface area contributed by atoms with Crippen molar-refractivity contribution in [1.82, 2.24) is 0 Å². The number of nitriles is 1. The molecule has 0 saturated heterocycles. The van der Waals surface area contributed by atoms with Gasteiger partial charge >= 0.3 is 0 Å². The maximum Gasteiger partial charge on any atom is 0.261 e. The van der Waals surface area contributed by atoms with Crippen LogP contribution in [0.2, 0.25) is 0 Å². The van der Waals surface area contributed by atoms with Crippen molar-refractivity contribution in [1.29, 1.82) is 5.26 Å². The van der Waals surface area contributed by atoms with Gasteiger partial charge in [0.1, 0.15) is 11.9 Å². The molecular formula is C14H10BrFN2O2S. The van der Waals surface area contributed by atoms with Crippen molar-refractivity contribution in [2.24, 2.45) is 0 Å². The summed E-state index contributed by atoms with van der Waals surface area (Å²) in [7, 11) is -3.90. The fourth-order valence-corrected chi connectivity index (χ4v) is 3.25. The molecule has 2 aromatic rings. The molecule has 0 atom stereocenters. The molecule has 2 aromatic carbocycles. The zero-order valence-electron chi connectivity index (χ0n) is 10.9. The minimum Gasteiger partial charge on any atom is -0.278 e. The number of sulfonamides is 1. The molecule has 21 heavy (non-hydrogen) atoms. The van der Waals surface area contributed by atoms with E-state index in [-0.39, 0.29) is 10.5 Å². The van der Waals surface area contributed by atoms with Crippen LogP contribution in [0.25, 0.3) is 0 Å². The molecule has 0 aliphatic heterocycles. The summed E-state index contributed by atoms with van der Waals surface area (Å²) in [5, 5.41) is 8.77. The van der Waals surface area contributed by atoms with Gasteiger partial charge in [-0.15, -0.1) is 0 Å². The maximum atomic E-state index is 13.3. The van der Waals surface area contributed by atoms with E-state index >= 15 is 0 Å². The molecule has 4 nitrogen and oxygen atoms in total. The number of hydrogen-bond donors (Lipinski definition) is 1. The van der Waals surface area contributed by atoms with Crippen molar-refractivity contribution >= 4 is 31.6 Å². The number of aryl methyl sites for hydroxylation is 1. The van der Waals surface area contributed by atoms with E-state index in [1.165, 1.54) is 0 Å². The Bertz CT molecular complexity index is 845. The summed E-state index contributed by atoms with van der Waals surface area (Å²) in [5.41, 5.74) is 0.937. The van der Waals surface area contributed by atoms with E-state index < -0.39 is 15.8 Å². The van der Waals surface area contributed by atoms with Gasteiger partial charge in [0.05, 0.1) is 16.1 Å². The van der Waals surface area contributed by atoms with E-state index in [2.05, 4.69) is 20.7 Å². The van der Waals surface area contributed by atoms with Crippen LogP contribution in [-0.2, 0) is 10.0 Å². The predicted octanol–water partition coefficient (Wildman–Crippen LogP) is 3.57. The molecule has 0 amide bonds. The molecule has 0 bridgehead atoms. The predicted molar refractivity (Wildman–Crippen MR) is 80.8 cm³/mol. The van der Waals surface area contributed by atoms with Crippen LogP contribution in [0.15, 0.2) is 45.8 Å². The first kappa shape index (κ1) is 15.5. The van der Waals surface area contributed by atoms with Gasteiger partial charge in [-0.2, -0.15) is 5.26 Å². The Morgan fingerprint density at radius 2 is 1.95 bits per heavy atom. The second kappa shape index (κ2) is 5.84. The van der Waals surface area contributed by atoms with Crippen LogP contribution in [0.1, 0.15) is 11.1 Å². The van der Waals surface area contributed by atoms with Gasteiger partial charge in [0, 0.05) is 4.47 Å². The molecule has 7 heteroatoms. The number of rotatable bonds is 3. The third-order valence-corrected chi connectivity index (χ3v) is 4.79. The molecule has 2 rings (SSSR count). The molecule has 0 saturated carbocycles. The third-order valence-electron chi connectivity index (χ3n) is 2.73. The molecule has 0 aliphatic rings. The number of benzene rings is 2. The van der Waals surface area contributed by atoms with Crippen LogP contribution in [0.5, 0.6) is 0 Å². The van der Waals surface area contributed by atoms with Gasteiger partial charge in [0.2, 0.25) is 0 Å². The van der Waals surface area contributed by atoms with Gasteiger partial charge < -0.3 is 0 Å². The fourth-order valence-electron chi connectivity index (χ4n) is 1.68. The van der Waals surface area contributed by atoms with Crippen LogP contribution in [0, 0.1) is 24.1 Å². The van der Waals surface area contributed by atoms with Crippen molar-refractivity contribution in [2.45, 2.75) is 11.8 Å². The highest BCUT2D eigenvalue weighted by atomic mass is 79.9. The van der Waals surface area contributed by atoms with Gasteiger partial charge in [0.15, 0.2) is 0 Å². The number of nitrogens with one attached hydrogen (secondary N) is 1. The molecule has 108 valence electrons. The van der Waals surface area contributed by atoms with E-state index in [1.54, 1.807) is 18.2 Å². The number of halogens is 2. The Labute approximate surface area is 130 Å². The standard InChI is InChI=1S/C14H10BrFN2O2S/c1-9-2-4-12(15)14(6-9)18-21(19,20)11-3-5-13(16)10(7-11)8-17/h2-7,18H,1H3. The van der Waals surface area contributed by atoms with Gasteiger partial charge in [-0.1, -0.05) is 6.07 Å². The van der Waals surface area contributed by atoms with Crippen molar-refractivity contribution in [3.05, 3.63) is 57.8 Å². The minimum atomic E-state index is -3.90. The summed E-state index contributed by atoms with van der Waals surface area (Å²) in [6.07, 6.45) is 0. The lowest BCUT2D eigenvalue weighted by atomic mass is 10.2. The Balaban J connectivity index is 2.44. The molecule has 0 spiro atoms. The first-order chi connectivity index (χ1) is 9.83. The van der Waals surface area contributed by atoms with E-state index in [0.717, 1.165) is 23.8 Å². The van der Waals surface area contributed by atoms with E-state index in [1.807, 2.05) is 13.0 Å². The van der Waals surface area contributed by atoms with Crippen LogP contribution in [0.3, 0.4) is 0 Å². The first-order valence-electron chi connectivity index (χ1n) is 5.82. The molecular weight excluding hydrogens is 359 g/mol. The second-order valence-electron chi connectivity index (χ2n) is 4.34. The summed E-state index contributed by atoms with van der Waals surface area (Å²) in [4.78, 5) is -0.172. The lowest BCUT2D eigenvalue weighted by Crippen LogP contribution is -2.13. The highest BCUT2D eigenvalue weighted by Gasteiger charge is 2.17. The summed E-state index contributed by atoms with van der Waals surface area (Å²) in [6, 6.07) is 9.90. The number of hydrogen-bond acceptors (Lipinski definition) is 3. The monoisotopic (exact) mass is 368 g/mol. The number of nitrogens with zero attached hydrogens (tertiary/aromatic N) is 1. The normalized spacial score (nSPS) is 11.0. The summed E-state index contributed by atoms with van der Waals surface area (Å²) in [5.74, 6) is -0.756. The molecule has 0 aliphatic carbocycles. The Morgan fingerprint density at radius 3 is 2.62 bits per heavy atom. The van der Waals surface area contributed by atoms with Crippen LogP contribution in [0.4, 0.5) is 10.1 Å². The molecule has 0 heterocycles. The second-order valence-corrected chi connectivity index (χ2v) is 6.88. The van der Waals surface area contributed by atoms with Crippen molar-refractivity contribution < 1.29 is 12.8 Å². The summed E-state index contributed by atoms with van der Waals surface area (Å²) < 4.78 is 40.8. The first-order valence-corrected chi connectivity index (χ1v) is 8.10. The number of anilines is 1. The van der Waals surface area contributed by atoms with E-state index in [0.29, 0.717) is 10.2 Å². The lowest BCUT2D eigenvalue weighted by molar-refractivity contribution is 0.599. The van der Waals surface area contributed by atoms with Gasteiger partial charge in [-0.3, -0.25) is 4.72 Å². The molecule has 1 N–H and O–H groups in total. The van der Waals surface area contributed by atoms with Gasteiger partial charge in [-0.25, -0.2) is 12.8 Å². The van der Waals surface area contributed by atoms with Crippen LogP contribution < -0.4 is 4.72 Å². The molecule has 0 fully saturated rings. The highest BCUT2D eigenvalue weighted by Crippen LogP contribution is 2.26. The molecule has 0 radical (unpaired) electrons. The van der Waals surface area contributed by atoms with Crippen LogP contribution in [-0.4, -0.2) is 8.42 Å². The highest BCUT2D eigenvalue weighted by molar-refractivity contribution is 9.10. The smallest absolute Gasteiger partial charge is 0.261 e. The molecule has 0 unspecified atom stereocenters. The van der Waals surface area contributed by atoms with Crippen molar-refractivity contribution in [2.75, 3.05) is 4.72 Å². The largest absolute Gasteiger partial charge is 0.278 e. The Morgan fingerprint density at radius 1 is 1.24 bits per heavy atom. The van der Waals surface area contributed by atoms with E-state index in [4.69, 9.17) is 5.26 Å². The lowest BCUT2D eigenvalue weighted by Gasteiger charge is -2.11. The van der Waals surface area contributed by atoms with Crippen molar-refractivity contribution in [3.63, 3.8) is 0 Å². The zero-order chi connectivity index (χ0) is 15.6. The summed E-state index contributed by atoms with van der Waals surface area (Å²) in [6.45, 7) is 1.83. The van der Waals surface area contributed by atoms with E-state index in [9.17, 15) is 12.8 Å². The third kappa shape index (κ3) is 3.40. The minimum absolute atomic E-state index is 0.172. The summed E-state index contributed by atoms with van der Waals surface area (Å²) >= 11 is 3.26. The maximum absolute atomic E-state index is 13.3. The Kier molecular flexibility index (Phi) is 4.30. The fraction of sp³-hybridized carbons (Fsp3) is 0.0714. The van der Waals surface area contributed by atoms with Gasteiger partial charge in [0.25, 0.3) is 10.0 Å². The SMILES string of the molecule is Cc1ccc(Br)c(NS(=O)(=O)c2ccc(F)c(C#N)c2)c1. The average molecular weight is 369 g/mol. The quantitative estimate of drug-likeness (QED) is 0.899. The topological polar surface area (TPSA) is 70.0 Å². The van der Waals surface area contributed by atoms with Crippen LogP contribution >= 0.6 is 15.9 Å². The molecule has 0 aromatic heterocycles. The average Bonchev–Trinajstić information content (AvgIpc) is 2.43. The Hall–Kier alpha value is -1.91. The van der Waals surface area contributed by atoms with Crippen molar-refractivity contribution in [3.8, 4) is 6.07 Å².